The molecule has 0 aliphatic heterocycles. The van der Waals surface area contributed by atoms with Crippen molar-refractivity contribution in [3.63, 3.8) is 0 Å². The lowest BCUT2D eigenvalue weighted by molar-refractivity contribution is -0.339. The summed E-state index contributed by atoms with van der Waals surface area (Å²) in [6, 6.07) is 8.12. The first kappa shape index (κ1) is 24.3. The van der Waals surface area contributed by atoms with E-state index in [0.29, 0.717) is 12.8 Å². The van der Waals surface area contributed by atoms with Gasteiger partial charge in [-0.25, -0.2) is 8.78 Å². The average Bonchev–Trinajstić information content (AvgIpc) is 2.69. The largest absolute Gasteiger partial charge is 0.392 e. The average molecular weight is 454 g/mol. The van der Waals surface area contributed by atoms with E-state index in [-0.39, 0.29) is 18.8 Å². The van der Waals surface area contributed by atoms with Gasteiger partial charge in [-0.05, 0) is 62.0 Å². The van der Waals surface area contributed by atoms with Crippen LogP contribution in [0.2, 0.25) is 0 Å². The summed E-state index contributed by atoms with van der Waals surface area (Å²) in [5.41, 5.74) is 2.31. The predicted octanol–water partition coefficient (Wildman–Crippen LogP) is 7.89. The van der Waals surface area contributed by atoms with Gasteiger partial charge < -0.3 is 4.74 Å². The molecule has 0 heterocycles. The smallest absolute Gasteiger partial charge is 0.311 e. The number of benzene rings is 1. The lowest BCUT2D eigenvalue weighted by Crippen LogP contribution is -2.49. The molecule has 2 aliphatic rings. The summed E-state index contributed by atoms with van der Waals surface area (Å²) in [6.07, 6.45) is -10.3. The molecule has 0 amide bonds. The normalized spacial score (nSPS) is 29.7. The highest BCUT2D eigenvalue weighted by atomic mass is 19.4. The number of hydrogen-bond acceptors (Lipinski definition) is 1. The monoisotopic (exact) mass is 454 g/mol. The maximum absolute atomic E-state index is 14.7. The van der Waals surface area contributed by atoms with Crippen LogP contribution in [0.25, 0.3) is 0 Å². The highest BCUT2D eigenvalue weighted by molar-refractivity contribution is 5.26. The van der Waals surface area contributed by atoms with Gasteiger partial charge in [0.05, 0.1) is 11.8 Å². The highest BCUT2D eigenvalue weighted by Crippen LogP contribution is 2.49. The molecule has 1 nitrogen and oxygen atoms in total. The van der Waals surface area contributed by atoms with Crippen LogP contribution in [0.5, 0.6) is 0 Å². The van der Waals surface area contributed by atoms with Crippen LogP contribution in [0.3, 0.4) is 0 Å². The van der Waals surface area contributed by atoms with Crippen molar-refractivity contribution in [2.24, 2.45) is 11.8 Å². The Kier molecular flexibility index (Phi) is 7.28. The molecular weight excluding hydrogens is 425 g/mol. The maximum Gasteiger partial charge on any atom is 0.392 e. The van der Waals surface area contributed by atoms with E-state index in [9.17, 15) is 30.7 Å². The summed E-state index contributed by atoms with van der Waals surface area (Å²) in [5, 5.41) is 0. The van der Waals surface area contributed by atoms with E-state index < -0.39 is 55.4 Å². The summed E-state index contributed by atoms with van der Waals surface area (Å²) in [5.74, 6) is -7.19. The molecular formula is C23H29F7O. The Labute approximate surface area is 178 Å². The molecule has 8 heteroatoms. The van der Waals surface area contributed by atoms with E-state index in [1.807, 2.05) is 24.3 Å². The van der Waals surface area contributed by atoms with Gasteiger partial charge in [-0.15, -0.1) is 0 Å². The third-order valence-corrected chi connectivity index (χ3v) is 6.72. The Bertz CT molecular complexity index is 706. The lowest BCUT2D eigenvalue weighted by Gasteiger charge is -2.40. The van der Waals surface area contributed by atoms with Crippen LogP contribution in [-0.4, -0.2) is 24.3 Å². The standard InChI is InChI=1S/C23H29F7O/c1-2-3-15-4-6-16(7-5-15)17-8-10-18(11-9-17)23(29,30)31-20-13-12-19(22(26,27)28)14-21(20,24)25/h4-7,17-20H,2-3,8-14H2,1H3. The van der Waals surface area contributed by atoms with Gasteiger partial charge in [-0.3, -0.25) is 0 Å². The first-order valence-corrected chi connectivity index (χ1v) is 11.0. The molecule has 2 unspecified atom stereocenters. The Balaban J connectivity index is 1.56. The lowest BCUT2D eigenvalue weighted by atomic mass is 9.78. The Morgan fingerprint density at radius 1 is 0.871 bits per heavy atom. The number of halogens is 7. The van der Waals surface area contributed by atoms with Crippen molar-refractivity contribution in [3.8, 4) is 0 Å². The fourth-order valence-corrected chi connectivity index (χ4v) is 4.84. The summed E-state index contributed by atoms with van der Waals surface area (Å²) >= 11 is 0. The van der Waals surface area contributed by atoms with Crippen LogP contribution in [0.4, 0.5) is 30.7 Å². The molecule has 0 saturated heterocycles. The van der Waals surface area contributed by atoms with Gasteiger partial charge in [-0.1, -0.05) is 37.6 Å². The minimum atomic E-state index is -4.76. The van der Waals surface area contributed by atoms with Crippen molar-refractivity contribution < 1.29 is 35.5 Å². The third kappa shape index (κ3) is 5.93. The van der Waals surface area contributed by atoms with E-state index in [1.165, 1.54) is 5.56 Å². The molecule has 0 spiro atoms. The zero-order valence-electron chi connectivity index (χ0n) is 17.5. The fourth-order valence-electron chi connectivity index (χ4n) is 4.84. The van der Waals surface area contributed by atoms with Crippen LogP contribution in [-0.2, 0) is 11.2 Å². The van der Waals surface area contributed by atoms with Crippen molar-refractivity contribution in [2.75, 3.05) is 0 Å². The Hall–Kier alpha value is -1.31. The van der Waals surface area contributed by atoms with Gasteiger partial charge in [0, 0.05) is 6.42 Å². The molecule has 2 fully saturated rings. The number of aryl methyl sites for hydroxylation is 1. The van der Waals surface area contributed by atoms with Crippen LogP contribution >= 0.6 is 0 Å². The minimum absolute atomic E-state index is 0.123. The van der Waals surface area contributed by atoms with Gasteiger partial charge in [-0.2, -0.15) is 22.0 Å². The van der Waals surface area contributed by atoms with E-state index in [4.69, 9.17) is 0 Å². The van der Waals surface area contributed by atoms with E-state index in [0.717, 1.165) is 18.4 Å². The SMILES string of the molecule is CCCc1ccc(C2CCC(C(F)(F)OC3CCC(C(F)(F)F)CC3(F)F)CC2)cc1. The first-order chi connectivity index (χ1) is 14.4. The van der Waals surface area contributed by atoms with Crippen LogP contribution in [0.1, 0.15) is 75.3 Å². The molecule has 31 heavy (non-hydrogen) atoms. The van der Waals surface area contributed by atoms with Gasteiger partial charge >= 0.3 is 12.3 Å². The number of alkyl halides is 7. The Morgan fingerprint density at radius 3 is 1.97 bits per heavy atom. The van der Waals surface area contributed by atoms with E-state index >= 15 is 0 Å². The van der Waals surface area contributed by atoms with E-state index in [1.54, 1.807) is 0 Å². The molecule has 176 valence electrons. The minimum Gasteiger partial charge on any atom is -0.311 e. The van der Waals surface area contributed by atoms with E-state index in [2.05, 4.69) is 11.7 Å². The summed E-state index contributed by atoms with van der Waals surface area (Å²) < 4.78 is 100. The molecule has 2 saturated carbocycles. The molecule has 2 aliphatic carbocycles. The first-order valence-electron chi connectivity index (χ1n) is 11.0. The number of rotatable bonds is 6. The van der Waals surface area contributed by atoms with Gasteiger partial charge in [0.15, 0.2) is 0 Å². The quantitative estimate of drug-likeness (QED) is 0.397. The van der Waals surface area contributed by atoms with Crippen LogP contribution in [0, 0.1) is 11.8 Å². The second-order valence-corrected chi connectivity index (χ2v) is 8.99. The molecule has 0 N–H and O–H groups in total. The molecule has 1 aromatic rings. The summed E-state index contributed by atoms with van der Waals surface area (Å²) in [6.45, 7) is 2.09. The third-order valence-electron chi connectivity index (χ3n) is 6.72. The summed E-state index contributed by atoms with van der Waals surface area (Å²) in [4.78, 5) is 0. The number of ether oxygens (including phenoxy) is 1. The predicted molar refractivity (Wildman–Crippen MR) is 103 cm³/mol. The molecule has 2 atom stereocenters. The van der Waals surface area contributed by atoms with Gasteiger partial charge in [0.25, 0.3) is 5.92 Å². The summed E-state index contributed by atoms with van der Waals surface area (Å²) in [7, 11) is 0. The van der Waals surface area contributed by atoms with Crippen molar-refractivity contribution in [2.45, 2.75) is 94.9 Å². The molecule has 1 aromatic carbocycles. The van der Waals surface area contributed by atoms with Crippen LogP contribution < -0.4 is 0 Å². The fraction of sp³-hybridized carbons (Fsp3) is 0.739. The van der Waals surface area contributed by atoms with Crippen molar-refractivity contribution >= 4 is 0 Å². The van der Waals surface area contributed by atoms with Crippen LogP contribution in [0.15, 0.2) is 24.3 Å². The zero-order valence-corrected chi connectivity index (χ0v) is 17.5. The number of hydrogen-bond donors (Lipinski definition) is 0. The highest BCUT2D eigenvalue weighted by Gasteiger charge is 2.57. The second-order valence-electron chi connectivity index (χ2n) is 8.99. The van der Waals surface area contributed by atoms with Crippen molar-refractivity contribution in [1.29, 1.82) is 0 Å². The van der Waals surface area contributed by atoms with Gasteiger partial charge in [0.2, 0.25) is 0 Å². The zero-order chi connectivity index (χ0) is 22.9. The molecule has 0 radical (unpaired) electrons. The van der Waals surface area contributed by atoms with Gasteiger partial charge in [0.1, 0.15) is 6.10 Å². The second kappa shape index (κ2) is 9.28. The van der Waals surface area contributed by atoms with Crippen molar-refractivity contribution in [1.82, 2.24) is 0 Å². The molecule has 0 aromatic heterocycles. The molecule has 0 bridgehead atoms. The molecule has 3 rings (SSSR count). The Morgan fingerprint density at radius 2 is 1.45 bits per heavy atom. The van der Waals surface area contributed by atoms with Crippen molar-refractivity contribution in [3.05, 3.63) is 35.4 Å². The maximum atomic E-state index is 14.7. The topological polar surface area (TPSA) is 9.23 Å².